The van der Waals surface area contributed by atoms with E-state index in [1.807, 2.05) is 60.7 Å². The second kappa shape index (κ2) is 12.7. The van der Waals surface area contributed by atoms with Crippen LogP contribution >= 0.6 is 0 Å². The molecule has 32 heavy (non-hydrogen) atoms. The largest absolute Gasteiger partial charge is 0.487 e. The summed E-state index contributed by atoms with van der Waals surface area (Å²) in [6, 6.07) is 2.86. The number of halogens is 2. The van der Waals surface area contributed by atoms with E-state index in [2.05, 4.69) is 34.4 Å². The average Bonchev–Trinajstić information content (AvgIpc) is 2.80. The highest BCUT2D eigenvalue weighted by atomic mass is 19.1. The van der Waals surface area contributed by atoms with E-state index in [4.69, 9.17) is 4.74 Å². The van der Waals surface area contributed by atoms with Crippen molar-refractivity contribution >= 4 is 5.69 Å². The minimum Gasteiger partial charge on any atom is -0.487 e. The van der Waals surface area contributed by atoms with Crippen molar-refractivity contribution in [2.75, 3.05) is 4.90 Å². The number of aryl methyl sites for hydroxylation is 2. The van der Waals surface area contributed by atoms with Crippen molar-refractivity contribution in [1.82, 2.24) is 9.97 Å². The van der Waals surface area contributed by atoms with E-state index in [0.717, 1.165) is 52.6 Å². The molecule has 3 rings (SSSR count). The molecule has 0 aliphatic carbocycles. The lowest BCUT2D eigenvalue weighted by molar-refractivity contribution is 0.199. The molecule has 0 N–H and O–H groups in total. The van der Waals surface area contributed by atoms with Gasteiger partial charge in [-0.2, -0.15) is 0 Å². The van der Waals surface area contributed by atoms with Crippen molar-refractivity contribution in [3.8, 4) is 0 Å². The van der Waals surface area contributed by atoms with Crippen LogP contribution in [0.1, 0.15) is 65.4 Å². The Morgan fingerprint density at radius 3 is 2.25 bits per heavy atom. The van der Waals surface area contributed by atoms with Crippen LogP contribution < -0.4 is 4.90 Å². The Bertz CT molecular complexity index is 995. The van der Waals surface area contributed by atoms with Gasteiger partial charge in [0, 0.05) is 41.0 Å². The molecule has 2 aromatic heterocycles. The fourth-order valence-corrected chi connectivity index (χ4v) is 3.05. The molecule has 1 aliphatic rings. The first-order chi connectivity index (χ1) is 15.3. The van der Waals surface area contributed by atoms with E-state index in [1.54, 1.807) is 0 Å². The molecule has 0 bridgehead atoms. The Labute approximate surface area is 191 Å². The first-order valence-electron chi connectivity index (χ1n) is 11.1. The summed E-state index contributed by atoms with van der Waals surface area (Å²) in [4.78, 5) is 10.3. The lowest BCUT2D eigenvalue weighted by Gasteiger charge is -2.33. The zero-order chi connectivity index (χ0) is 24.4. The number of nitrogens with zero attached hydrogens (tertiary/aromatic N) is 3. The van der Waals surface area contributed by atoms with Gasteiger partial charge in [0.15, 0.2) is 5.82 Å². The number of pyridine rings is 2. The molecule has 0 amide bonds. The van der Waals surface area contributed by atoms with Crippen LogP contribution in [-0.4, -0.2) is 9.97 Å². The Kier molecular flexibility index (Phi) is 10.8. The van der Waals surface area contributed by atoms with Crippen LogP contribution in [0.5, 0.6) is 0 Å². The van der Waals surface area contributed by atoms with Crippen LogP contribution in [0.4, 0.5) is 14.5 Å². The number of aromatic nitrogens is 2. The minimum atomic E-state index is -0.727. The highest BCUT2D eigenvalue weighted by Gasteiger charge is 2.24. The smallest absolute Gasteiger partial charge is 0.151 e. The molecular formula is C26H35F2N3O. The fraction of sp³-hybridized carbons (Fsp3) is 0.385. The second-order valence-electron chi connectivity index (χ2n) is 6.74. The van der Waals surface area contributed by atoms with Gasteiger partial charge >= 0.3 is 0 Å². The molecule has 2 aromatic rings. The Morgan fingerprint density at radius 2 is 1.66 bits per heavy atom. The van der Waals surface area contributed by atoms with E-state index in [-0.39, 0.29) is 12.3 Å². The van der Waals surface area contributed by atoms with Gasteiger partial charge in [-0.05, 0) is 38.8 Å². The molecule has 0 saturated heterocycles. The van der Waals surface area contributed by atoms with Crippen molar-refractivity contribution in [2.24, 2.45) is 0 Å². The third kappa shape index (κ3) is 6.25. The molecule has 3 heterocycles. The summed E-state index contributed by atoms with van der Waals surface area (Å²) in [5.41, 5.74) is 5.66. The summed E-state index contributed by atoms with van der Waals surface area (Å²) >= 11 is 0. The average molecular weight is 444 g/mol. The predicted octanol–water partition coefficient (Wildman–Crippen LogP) is 7.41. The van der Waals surface area contributed by atoms with Gasteiger partial charge in [0.2, 0.25) is 0 Å². The quantitative estimate of drug-likeness (QED) is 0.482. The number of rotatable bonds is 5. The second-order valence-corrected chi connectivity index (χ2v) is 6.74. The normalized spacial score (nSPS) is 13.0. The lowest BCUT2D eigenvalue weighted by atomic mass is 10.0. The van der Waals surface area contributed by atoms with Crippen LogP contribution in [0.2, 0.25) is 0 Å². The van der Waals surface area contributed by atoms with Gasteiger partial charge in [0.25, 0.3) is 0 Å². The van der Waals surface area contributed by atoms with Crippen LogP contribution in [0, 0.1) is 18.6 Å². The number of hydrogen-bond acceptors (Lipinski definition) is 4. The maximum atomic E-state index is 13.8. The van der Waals surface area contributed by atoms with E-state index >= 15 is 0 Å². The number of ether oxygens (including phenoxy) is 1. The summed E-state index contributed by atoms with van der Waals surface area (Å²) in [6.07, 6.45) is 5.57. The predicted molar refractivity (Wildman–Crippen MR) is 128 cm³/mol. The standard InChI is InChI=1S/C22H23F2N3O.2C2H6/c1-6-18-9-21(13(2)10-25-18)27-14(3)7-22(15(4)16(27)5)28-12-20-19(24)8-17(23)11-26-20;2*1-2/h7-11H,5-6,12H2,1-4H3;2*1-2H3. The molecule has 0 saturated carbocycles. The fourth-order valence-electron chi connectivity index (χ4n) is 3.05. The monoisotopic (exact) mass is 443 g/mol. The summed E-state index contributed by atoms with van der Waals surface area (Å²) in [6.45, 7) is 20.1. The lowest BCUT2D eigenvalue weighted by Crippen LogP contribution is -2.25. The van der Waals surface area contributed by atoms with Crippen LogP contribution in [0.25, 0.3) is 0 Å². The third-order valence-electron chi connectivity index (χ3n) is 4.75. The van der Waals surface area contributed by atoms with Crippen molar-refractivity contribution < 1.29 is 13.5 Å². The van der Waals surface area contributed by atoms with Crippen molar-refractivity contribution in [1.29, 1.82) is 0 Å². The molecule has 0 radical (unpaired) electrons. The summed E-state index contributed by atoms with van der Waals surface area (Å²) in [5, 5.41) is 0. The topological polar surface area (TPSA) is 38.2 Å². The van der Waals surface area contributed by atoms with Gasteiger partial charge in [0.1, 0.15) is 23.9 Å². The van der Waals surface area contributed by atoms with Gasteiger partial charge < -0.3 is 9.64 Å². The third-order valence-corrected chi connectivity index (χ3v) is 4.75. The van der Waals surface area contributed by atoms with E-state index < -0.39 is 11.6 Å². The van der Waals surface area contributed by atoms with Crippen molar-refractivity contribution in [3.63, 3.8) is 0 Å². The molecule has 1 aliphatic heterocycles. The Morgan fingerprint density at radius 1 is 1.00 bits per heavy atom. The molecule has 0 fully saturated rings. The summed E-state index contributed by atoms with van der Waals surface area (Å²) < 4.78 is 32.6. The van der Waals surface area contributed by atoms with E-state index in [0.29, 0.717) is 5.76 Å². The Hall–Kier alpha value is -3.02. The van der Waals surface area contributed by atoms with E-state index in [9.17, 15) is 8.78 Å². The van der Waals surface area contributed by atoms with Gasteiger partial charge in [0.05, 0.1) is 11.9 Å². The summed E-state index contributed by atoms with van der Waals surface area (Å²) in [5.74, 6) is -0.852. The maximum absolute atomic E-state index is 13.8. The van der Waals surface area contributed by atoms with Crippen LogP contribution in [0.3, 0.4) is 0 Å². The molecule has 4 nitrogen and oxygen atoms in total. The molecule has 174 valence electrons. The zero-order valence-electron chi connectivity index (χ0n) is 20.5. The summed E-state index contributed by atoms with van der Waals surface area (Å²) in [7, 11) is 0. The van der Waals surface area contributed by atoms with Crippen molar-refractivity contribution in [3.05, 3.63) is 88.5 Å². The molecule has 0 aromatic carbocycles. The van der Waals surface area contributed by atoms with Crippen molar-refractivity contribution in [2.45, 2.75) is 68.4 Å². The molecule has 0 spiro atoms. The van der Waals surface area contributed by atoms with Gasteiger partial charge in [-0.1, -0.05) is 41.2 Å². The molecule has 6 heteroatoms. The number of anilines is 1. The van der Waals surface area contributed by atoms with Gasteiger partial charge in [-0.25, -0.2) is 8.78 Å². The van der Waals surface area contributed by atoms with Gasteiger partial charge in [-0.15, -0.1) is 0 Å². The SMILES string of the molecule is C=C1C(C)=C(OCc2ncc(F)cc2F)C=C(C)N1c1cc(CC)ncc1C.CC.CC. The Balaban J connectivity index is 0.00000121. The molecule has 0 unspecified atom stereocenters. The molecular weight excluding hydrogens is 408 g/mol. The van der Waals surface area contributed by atoms with E-state index in [1.165, 1.54) is 0 Å². The van der Waals surface area contributed by atoms with Crippen LogP contribution in [0.15, 0.2) is 59.9 Å². The highest BCUT2D eigenvalue weighted by molar-refractivity contribution is 5.68. The molecule has 0 atom stereocenters. The van der Waals surface area contributed by atoms with Crippen LogP contribution in [-0.2, 0) is 17.8 Å². The number of allylic oxidation sites excluding steroid dienone is 3. The maximum Gasteiger partial charge on any atom is 0.151 e. The van der Waals surface area contributed by atoms with Gasteiger partial charge in [-0.3, -0.25) is 9.97 Å². The highest BCUT2D eigenvalue weighted by Crippen LogP contribution is 2.35. The zero-order valence-corrected chi connectivity index (χ0v) is 20.5. The minimum absolute atomic E-state index is 0.0540. The first-order valence-corrected chi connectivity index (χ1v) is 11.1. The number of hydrogen-bond donors (Lipinski definition) is 0. The first kappa shape index (κ1) is 27.0.